The molecule has 7 heteroatoms. The summed E-state index contributed by atoms with van der Waals surface area (Å²) in [6.07, 6.45) is -3.38. The summed E-state index contributed by atoms with van der Waals surface area (Å²) >= 11 is 0. The molecule has 0 fully saturated rings. The van der Waals surface area contributed by atoms with Crippen molar-refractivity contribution in [3.63, 3.8) is 0 Å². The van der Waals surface area contributed by atoms with Crippen LogP contribution in [-0.2, 0) is 0 Å². The second-order valence-electron chi connectivity index (χ2n) is 2.86. The second-order valence-corrected chi connectivity index (χ2v) is 2.86. The number of imidazole rings is 1. The van der Waals surface area contributed by atoms with Crippen LogP contribution in [0.5, 0.6) is 5.75 Å². The monoisotopic (exact) mass is 217 g/mol. The second kappa shape index (κ2) is 3.04. The van der Waals surface area contributed by atoms with E-state index in [9.17, 15) is 13.2 Å². The molecule has 0 bridgehead atoms. The molecular weight excluding hydrogens is 211 g/mol. The van der Waals surface area contributed by atoms with E-state index in [0.717, 1.165) is 6.07 Å². The minimum Gasteiger partial charge on any atom is -0.406 e. The highest BCUT2D eigenvalue weighted by atomic mass is 19.4. The first-order valence-corrected chi connectivity index (χ1v) is 3.94. The normalized spacial score (nSPS) is 11.9. The van der Waals surface area contributed by atoms with E-state index in [2.05, 4.69) is 14.7 Å². The third kappa shape index (κ3) is 1.95. The summed E-state index contributed by atoms with van der Waals surface area (Å²) in [6.45, 7) is 0. The Morgan fingerprint density at radius 3 is 2.73 bits per heavy atom. The van der Waals surface area contributed by atoms with E-state index in [0.29, 0.717) is 11.0 Å². The predicted molar refractivity (Wildman–Crippen MR) is 47.2 cm³/mol. The number of halogens is 3. The molecule has 0 aliphatic rings. The molecular formula is C8H6F3N3O. The molecule has 80 valence electrons. The zero-order valence-electron chi connectivity index (χ0n) is 7.30. The van der Waals surface area contributed by atoms with Crippen LogP contribution >= 0.6 is 0 Å². The first-order chi connectivity index (χ1) is 6.96. The van der Waals surface area contributed by atoms with Crippen molar-refractivity contribution in [3.8, 4) is 5.75 Å². The lowest BCUT2D eigenvalue weighted by atomic mass is 10.2. The van der Waals surface area contributed by atoms with Gasteiger partial charge in [-0.3, -0.25) is 0 Å². The van der Waals surface area contributed by atoms with Gasteiger partial charge >= 0.3 is 6.36 Å². The molecule has 2 rings (SSSR count). The van der Waals surface area contributed by atoms with Gasteiger partial charge in [-0.25, -0.2) is 4.98 Å². The van der Waals surface area contributed by atoms with Gasteiger partial charge in [0.2, 0.25) is 0 Å². The smallest absolute Gasteiger partial charge is 0.406 e. The molecule has 0 aliphatic carbocycles. The molecule has 0 radical (unpaired) electrons. The number of nitrogens with two attached hydrogens (primary N) is 1. The Kier molecular flexibility index (Phi) is 1.95. The Balaban J connectivity index is 2.45. The number of nitrogens with zero attached hydrogens (tertiary/aromatic N) is 1. The molecule has 0 saturated heterocycles. The molecule has 0 atom stereocenters. The number of hydrogen-bond acceptors (Lipinski definition) is 3. The molecule has 2 aromatic rings. The number of rotatable bonds is 1. The molecule has 3 N–H and O–H groups in total. The van der Waals surface area contributed by atoms with Crippen molar-refractivity contribution < 1.29 is 17.9 Å². The summed E-state index contributed by atoms with van der Waals surface area (Å²) in [5, 5.41) is 0. The fourth-order valence-electron chi connectivity index (χ4n) is 1.24. The molecule has 0 saturated carbocycles. The Bertz CT molecular complexity index is 491. The average Bonchev–Trinajstić information content (AvgIpc) is 2.48. The van der Waals surface area contributed by atoms with Crippen molar-refractivity contribution in [2.45, 2.75) is 6.36 Å². The number of ether oxygens (including phenoxy) is 1. The largest absolute Gasteiger partial charge is 0.573 e. The first kappa shape index (κ1) is 9.63. The van der Waals surface area contributed by atoms with Crippen molar-refractivity contribution in [1.29, 1.82) is 0 Å². The Morgan fingerprint density at radius 1 is 1.33 bits per heavy atom. The molecule has 15 heavy (non-hydrogen) atoms. The van der Waals surface area contributed by atoms with Gasteiger partial charge in [0, 0.05) is 12.1 Å². The van der Waals surface area contributed by atoms with Crippen LogP contribution in [0.4, 0.5) is 18.9 Å². The highest BCUT2D eigenvalue weighted by molar-refractivity contribution is 5.88. The highest BCUT2D eigenvalue weighted by Crippen LogP contribution is 2.28. The predicted octanol–water partition coefficient (Wildman–Crippen LogP) is 2.04. The SMILES string of the molecule is Nc1cc(OC(F)(F)F)cc2[nH]cnc12. The maximum absolute atomic E-state index is 11.9. The van der Waals surface area contributed by atoms with Crippen LogP contribution in [0.15, 0.2) is 18.5 Å². The number of hydrogen-bond donors (Lipinski definition) is 2. The van der Waals surface area contributed by atoms with Crippen LogP contribution in [0, 0.1) is 0 Å². The molecule has 0 spiro atoms. The van der Waals surface area contributed by atoms with E-state index >= 15 is 0 Å². The minimum absolute atomic E-state index is 0.132. The van der Waals surface area contributed by atoms with Gasteiger partial charge < -0.3 is 15.5 Å². The molecule has 4 nitrogen and oxygen atoms in total. The Labute approximate surface area is 81.9 Å². The highest BCUT2D eigenvalue weighted by Gasteiger charge is 2.31. The van der Waals surface area contributed by atoms with Crippen molar-refractivity contribution in [1.82, 2.24) is 9.97 Å². The summed E-state index contributed by atoms with van der Waals surface area (Å²) in [5.41, 5.74) is 6.44. The van der Waals surface area contributed by atoms with Crippen LogP contribution in [0.1, 0.15) is 0 Å². The van der Waals surface area contributed by atoms with Crippen LogP contribution < -0.4 is 10.5 Å². The number of benzene rings is 1. The fourth-order valence-corrected chi connectivity index (χ4v) is 1.24. The number of aromatic amines is 1. The quantitative estimate of drug-likeness (QED) is 0.718. The van der Waals surface area contributed by atoms with Gasteiger partial charge in [0.05, 0.1) is 17.5 Å². The van der Waals surface area contributed by atoms with Crippen LogP contribution in [0.3, 0.4) is 0 Å². The van der Waals surface area contributed by atoms with E-state index < -0.39 is 6.36 Å². The van der Waals surface area contributed by atoms with Crippen molar-refractivity contribution in [2.75, 3.05) is 5.73 Å². The number of alkyl halides is 3. The molecule has 1 aromatic carbocycles. The van der Waals surface area contributed by atoms with Crippen LogP contribution in [0.2, 0.25) is 0 Å². The van der Waals surface area contributed by atoms with E-state index in [-0.39, 0.29) is 11.4 Å². The maximum atomic E-state index is 11.9. The lowest BCUT2D eigenvalue weighted by Gasteiger charge is -2.09. The molecule has 1 aromatic heterocycles. The van der Waals surface area contributed by atoms with Gasteiger partial charge in [0.1, 0.15) is 11.3 Å². The third-order valence-corrected chi connectivity index (χ3v) is 1.76. The molecule has 0 aliphatic heterocycles. The zero-order chi connectivity index (χ0) is 11.1. The van der Waals surface area contributed by atoms with Crippen LogP contribution in [-0.4, -0.2) is 16.3 Å². The van der Waals surface area contributed by atoms with E-state index in [1.54, 1.807) is 0 Å². The third-order valence-electron chi connectivity index (χ3n) is 1.76. The molecule has 1 heterocycles. The Morgan fingerprint density at radius 2 is 2.07 bits per heavy atom. The van der Waals surface area contributed by atoms with Gasteiger partial charge in [0.15, 0.2) is 0 Å². The van der Waals surface area contributed by atoms with E-state index in [4.69, 9.17) is 5.73 Å². The number of H-pyrrole nitrogens is 1. The van der Waals surface area contributed by atoms with Gasteiger partial charge in [-0.05, 0) is 0 Å². The molecule has 0 unspecified atom stereocenters. The first-order valence-electron chi connectivity index (χ1n) is 3.94. The topological polar surface area (TPSA) is 63.9 Å². The fraction of sp³-hybridized carbons (Fsp3) is 0.125. The lowest BCUT2D eigenvalue weighted by molar-refractivity contribution is -0.274. The summed E-state index contributed by atoms with van der Waals surface area (Å²) in [6, 6.07) is 2.27. The lowest BCUT2D eigenvalue weighted by Crippen LogP contribution is -2.17. The van der Waals surface area contributed by atoms with Gasteiger partial charge in [-0.15, -0.1) is 13.2 Å². The van der Waals surface area contributed by atoms with E-state index in [1.165, 1.54) is 12.4 Å². The zero-order valence-corrected chi connectivity index (χ0v) is 7.30. The van der Waals surface area contributed by atoms with Crippen LogP contribution in [0.25, 0.3) is 11.0 Å². The van der Waals surface area contributed by atoms with Gasteiger partial charge in [-0.2, -0.15) is 0 Å². The standard InChI is InChI=1S/C8H6F3N3O/c9-8(10,11)15-4-1-5(12)7-6(2-4)13-3-14-7/h1-3H,12H2,(H,13,14). The number of nitrogen functional groups attached to an aromatic ring is 1. The summed E-state index contributed by atoms with van der Waals surface area (Å²) < 4.78 is 39.5. The summed E-state index contributed by atoms with van der Waals surface area (Å²) in [4.78, 5) is 6.49. The van der Waals surface area contributed by atoms with Crippen molar-refractivity contribution in [2.24, 2.45) is 0 Å². The van der Waals surface area contributed by atoms with Gasteiger partial charge in [-0.1, -0.05) is 0 Å². The van der Waals surface area contributed by atoms with Gasteiger partial charge in [0.25, 0.3) is 0 Å². The van der Waals surface area contributed by atoms with Crippen molar-refractivity contribution >= 4 is 16.7 Å². The number of anilines is 1. The van der Waals surface area contributed by atoms with Crippen molar-refractivity contribution in [3.05, 3.63) is 18.5 Å². The Hall–Kier alpha value is -1.92. The average molecular weight is 217 g/mol. The molecule has 0 amide bonds. The summed E-state index contributed by atoms with van der Waals surface area (Å²) in [5.74, 6) is -0.364. The number of fused-ring (bicyclic) bond motifs is 1. The number of nitrogens with one attached hydrogen (secondary N) is 1. The summed E-state index contributed by atoms with van der Waals surface area (Å²) in [7, 11) is 0. The number of aromatic nitrogens is 2. The minimum atomic E-state index is -4.72. The maximum Gasteiger partial charge on any atom is 0.573 e. The van der Waals surface area contributed by atoms with E-state index in [1.807, 2.05) is 0 Å².